The highest BCUT2D eigenvalue weighted by Crippen LogP contribution is 2.38. The van der Waals surface area contributed by atoms with Gasteiger partial charge in [-0.1, -0.05) is 18.2 Å². The molecule has 5 rings (SSSR count). The summed E-state index contributed by atoms with van der Waals surface area (Å²) in [5.41, 5.74) is 8.72. The smallest absolute Gasteiger partial charge is 0.221 e. The second kappa shape index (κ2) is 5.82. The molecule has 0 saturated carbocycles. The molecule has 0 fully saturated rings. The van der Waals surface area contributed by atoms with Crippen LogP contribution in [0.4, 0.5) is 17.5 Å². The Morgan fingerprint density at radius 2 is 1.96 bits per heavy atom. The lowest BCUT2D eigenvalue weighted by molar-refractivity contribution is 1.12. The molecule has 0 bridgehead atoms. The molecule has 6 nitrogen and oxygen atoms in total. The minimum absolute atomic E-state index is 0.240. The summed E-state index contributed by atoms with van der Waals surface area (Å²) in [4.78, 5) is 9.32. The Balaban J connectivity index is 1.65. The number of nitrogens with two attached hydrogens (primary N) is 1. The van der Waals surface area contributed by atoms with Crippen molar-refractivity contribution >= 4 is 49.8 Å². The number of thiophene rings is 1. The second-order valence-electron chi connectivity index (χ2n) is 5.93. The van der Waals surface area contributed by atoms with E-state index in [-0.39, 0.29) is 5.95 Å². The van der Waals surface area contributed by atoms with Crippen LogP contribution in [0.25, 0.3) is 31.4 Å². The largest absolute Gasteiger partial charge is 0.368 e. The van der Waals surface area contributed by atoms with Gasteiger partial charge in [-0.15, -0.1) is 11.3 Å². The van der Waals surface area contributed by atoms with Crippen LogP contribution in [0.15, 0.2) is 60.9 Å². The van der Waals surface area contributed by atoms with E-state index >= 15 is 0 Å². The summed E-state index contributed by atoms with van der Waals surface area (Å²) in [5.74, 6) is 0.895. The molecule has 7 heteroatoms. The number of fused-ring (bicyclic) bond motifs is 2. The van der Waals surface area contributed by atoms with Gasteiger partial charge in [0.15, 0.2) is 0 Å². The van der Waals surface area contributed by atoms with Gasteiger partial charge in [-0.3, -0.25) is 5.10 Å². The van der Waals surface area contributed by atoms with Gasteiger partial charge in [0.2, 0.25) is 5.95 Å². The van der Waals surface area contributed by atoms with E-state index in [1.165, 1.54) is 15.0 Å². The quantitative estimate of drug-likeness (QED) is 0.440. The van der Waals surface area contributed by atoms with Gasteiger partial charge in [-0.2, -0.15) is 10.1 Å². The summed E-state index contributed by atoms with van der Waals surface area (Å²) in [5, 5.41) is 12.9. The Kier molecular flexibility index (Phi) is 3.32. The fraction of sp³-hybridized carbons (Fsp3) is 0. The molecule has 0 aliphatic carbocycles. The Labute approximate surface area is 152 Å². The third-order valence-electron chi connectivity index (χ3n) is 4.19. The number of nitrogens with zero attached hydrogens (tertiary/aromatic N) is 3. The first kappa shape index (κ1) is 14.9. The fourth-order valence-corrected chi connectivity index (χ4v) is 4.12. The zero-order valence-electron chi connectivity index (χ0n) is 13.6. The fourth-order valence-electron chi connectivity index (χ4n) is 3.03. The highest BCUT2D eigenvalue weighted by atomic mass is 32.1. The van der Waals surface area contributed by atoms with Crippen molar-refractivity contribution in [1.82, 2.24) is 20.2 Å². The van der Waals surface area contributed by atoms with Crippen LogP contribution in [0.5, 0.6) is 0 Å². The average Bonchev–Trinajstić information content (AvgIpc) is 3.27. The van der Waals surface area contributed by atoms with E-state index in [0.717, 1.165) is 22.2 Å². The molecule has 3 aromatic heterocycles. The normalized spacial score (nSPS) is 11.2. The molecule has 0 atom stereocenters. The number of anilines is 3. The van der Waals surface area contributed by atoms with Crippen LogP contribution in [0.3, 0.4) is 0 Å². The first-order valence-electron chi connectivity index (χ1n) is 8.08. The van der Waals surface area contributed by atoms with Crippen molar-refractivity contribution in [1.29, 1.82) is 0 Å². The van der Waals surface area contributed by atoms with Crippen molar-refractivity contribution in [3.8, 4) is 10.4 Å². The van der Waals surface area contributed by atoms with E-state index in [0.29, 0.717) is 5.82 Å². The van der Waals surface area contributed by atoms with Crippen LogP contribution < -0.4 is 11.1 Å². The van der Waals surface area contributed by atoms with Gasteiger partial charge in [0, 0.05) is 32.4 Å². The minimum Gasteiger partial charge on any atom is -0.368 e. The molecule has 4 N–H and O–H groups in total. The van der Waals surface area contributed by atoms with Gasteiger partial charge in [-0.25, -0.2) is 4.98 Å². The Morgan fingerprint density at radius 3 is 2.85 bits per heavy atom. The van der Waals surface area contributed by atoms with Crippen molar-refractivity contribution in [3.63, 3.8) is 0 Å². The predicted molar refractivity (Wildman–Crippen MR) is 107 cm³/mol. The third kappa shape index (κ3) is 2.55. The number of benzene rings is 2. The maximum Gasteiger partial charge on any atom is 0.221 e. The first-order chi connectivity index (χ1) is 12.8. The number of hydrogen-bond acceptors (Lipinski definition) is 6. The molecule has 0 saturated heterocycles. The van der Waals surface area contributed by atoms with Crippen LogP contribution in [0.1, 0.15) is 0 Å². The van der Waals surface area contributed by atoms with Gasteiger partial charge in [-0.05, 0) is 35.7 Å². The molecule has 2 aromatic carbocycles. The van der Waals surface area contributed by atoms with Crippen molar-refractivity contribution in [2.24, 2.45) is 0 Å². The van der Waals surface area contributed by atoms with Gasteiger partial charge >= 0.3 is 0 Å². The standard InChI is InChI=1S/C19H14N6S/c20-19-21-6-5-17(24-19)23-13-7-12-10-22-25-18(12)14(9-13)16-8-11-3-1-2-4-15(11)26-16/h1-10H,(H,22,25)(H3,20,21,23,24). The zero-order valence-corrected chi connectivity index (χ0v) is 14.4. The molecule has 0 amide bonds. The molecule has 3 heterocycles. The number of hydrogen-bond donors (Lipinski definition) is 3. The lowest BCUT2D eigenvalue weighted by Gasteiger charge is -2.08. The van der Waals surface area contributed by atoms with E-state index in [4.69, 9.17) is 5.73 Å². The number of nitrogens with one attached hydrogen (secondary N) is 2. The van der Waals surface area contributed by atoms with Crippen LogP contribution >= 0.6 is 11.3 Å². The molecular weight excluding hydrogens is 344 g/mol. The Hall–Kier alpha value is -3.45. The number of rotatable bonds is 3. The zero-order chi connectivity index (χ0) is 17.5. The first-order valence-corrected chi connectivity index (χ1v) is 8.89. The van der Waals surface area contributed by atoms with E-state index in [1.807, 2.05) is 12.3 Å². The lowest BCUT2D eigenvalue weighted by atomic mass is 10.1. The number of aromatic nitrogens is 4. The van der Waals surface area contributed by atoms with Crippen LogP contribution in [-0.2, 0) is 0 Å². The van der Waals surface area contributed by atoms with Crippen LogP contribution in [0, 0.1) is 0 Å². The molecule has 0 unspecified atom stereocenters. The van der Waals surface area contributed by atoms with Crippen molar-refractivity contribution in [2.75, 3.05) is 11.1 Å². The molecule has 0 aliphatic rings. The summed E-state index contributed by atoms with van der Waals surface area (Å²) in [6, 6.07) is 16.5. The van der Waals surface area contributed by atoms with E-state index in [1.54, 1.807) is 23.6 Å². The minimum atomic E-state index is 0.240. The number of aromatic amines is 1. The van der Waals surface area contributed by atoms with Crippen LogP contribution in [-0.4, -0.2) is 20.2 Å². The Morgan fingerprint density at radius 1 is 1.04 bits per heavy atom. The SMILES string of the molecule is Nc1nccc(Nc2cc(-c3cc4ccccc4s3)c3[nH]ncc3c2)n1. The molecule has 0 spiro atoms. The molecule has 0 aliphatic heterocycles. The summed E-state index contributed by atoms with van der Waals surface area (Å²) < 4.78 is 1.26. The van der Waals surface area contributed by atoms with Crippen molar-refractivity contribution in [3.05, 3.63) is 60.9 Å². The molecule has 5 aromatic rings. The maximum atomic E-state index is 5.67. The topological polar surface area (TPSA) is 92.5 Å². The van der Waals surface area contributed by atoms with Crippen molar-refractivity contribution in [2.45, 2.75) is 0 Å². The second-order valence-corrected chi connectivity index (χ2v) is 7.02. The monoisotopic (exact) mass is 358 g/mol. The van der Waals surface area contributed by atoms with E-state index < -0.39 is 0 Å². The van der Waals surface area contributed by atoms with Gasteiger partial charge in [0.1, 0.15) is 5.82 Å². The maximum absolute atomic E-state index is 5.67. The highest BCUT2D eigenvalue weighted by Gasteiger charge is 2.12. The number of nitrogen functional groups attached to an aromatic ring is 1. The van der Waals surface area contributed by atoms with Gasteiger partial charge < -0.3 is 11.1 Å². The summed E-state index contributed by atoms with van der Waals surface area (Å²) >= 11 is 1.76. The van der Waals surface area contributed by atoms with Crippen LogP contribution in [0.2, 0.25) is 0 Å². The number of H-pyrrole nitrogens is 1. The van der Waals surface area contributed by atoms with E-state index in [9.17, 15) is 0 Å². The summed E-state index contributed by atoms with van der Waals surface area (Å²) in [7, 11) is 0. The summed E-state index contributed by atoms with van der Waals surface area (Å²) in [6.45, 7) is 0. The highest BCUT2D eigenvalue weighted by molar-refractivity contribution is 7.22. The predicted octanol–water partition coefficient (Wildman–Crippen LogP) is 4.56. The van der Waals surface area contributed by atoms with E-state index in [2.05, 4.69) is 61.9 Å². The molecule has 126 valence electrons. The molecular formula is C19H14N6S. The lowest BCUT2D eigenvalue weighted by Crippen LogP contribution is -1.99. The summed E-state index contributed by atoms with van der Waals surface area (Å²) in [6.07, 6.45) is 3.46. The molecule has 0 radical (unpaired) electrons. The Bertz CT molecular complexity index is 1210. The van der Waals surface area contributed by atoms with Crippen molar-refractivity contribution < 1.29 is 0 Å². The van der Waals surface area contributed by atoms with Gasteiger partial charge in [0.05, 0.1) is 11.7 Å². The molecule has 26 heavy (non-hydrogen) atoms. The third-order valence-corrected chi connectivity index (χ3v) is 5.34. The average molecular weight is 358 g/mol. The van der Waals surface area contributed by atoms with Gasteiger partial charge in [0.25, 0.3) is 0 Å².